The van der Waals surface area contributed by atoms with Crippen LogP contribution in [0.4, 0.5) is 0 Å². The molecule has 4 heteroatoms. The lowest BCUT2D eigenvalue weighted by Gasteiger charge is -2.16. The molecule has 0 spiro atoms. The molecule has 1 aromatic heterocycles. The van der Waals surface area contributed by atoms with Crippen molar-refractivity contribution in [2.45, 2.75) is 26.0 Å². The predicted molar refractivity (Wildman–Crippen MR) is 67.1 cm³/mol. The lowest BCUT2D eigenvalue weighted by molar-refractivity contribution is 0.127. The van der Waals surface area contributed by atoms with Crippen LogP contribution >= 0.6 is 27.3 Å². The summed E-state index contributed by atoms with van der Waals surface area (Å²) in [4.78, 5) is 3.81. The Morgan fingerprint density at radius 3 is 3.07 bits per heavy atom. The maximum atomic E-state index is 9.52. The Kier molecular flexibility index (Phi) is 3.83. The second kappa shape index (κ2) is 4.95. The summed E-state index contributed by atoms with van der Waals surface area (Å²) in [6.07, 6.45) is 0.961. The van der Waals surface area contributed by atoms with Crippen LogP contribution in [0.25, 0.3) is 0 Å². The normalized spacial score (nSPS) is 24.6. The Hall–Kier alpha value is 0.100. The SMILES string of the molecule is CC(O)C1CCN(Cc2sccc2Br)C1. The van der Waals surface area contributed by atoms with Gasteiger partial charge in [0.2, 0.25) is 0 Å². The van der Waals surface area contributed by atoms with E-state index in [1.165, 1.54) is 9.35 Å². The molecule has 2 atom stereocenters. The Balaban J connectivity index is 1.90. The summed E-state index contributed by atoms with van der Waals surface area (Å²) in [6, 6.07) is 2.10. The fraction of sp³-hybridized carbons (Fsp3) is 0.636. The van der Waals surface area contributed by atoms with Crippen LogP contribution in [0.2, 0.25) is 0 Å². The molecule has 2 heterocycles. The average Bonchev–Trinajstić information content (AvgIpc) is 2.77. The Bertz CT molecular complexity index is 326. The van der Waals surface area contributed by atoms with Crippen LogP contribution in [0.1, 0.15) is 18.2 Å². The van der Waals surface area contributed by atoms with Gasteiger partial charge in [0.1, 0.15) is 0 Å². The summed E-state index contributed by atoms with van der Waals surface area (Å²) in [6.45, 7) is 5.05. The van der Waals surface area contributed by atoms with Gasteiger partial charge in [0.15, 0.2) is 0 Å². The highest BCUT2D eigenvalue weighted by Gasteiger charge is 2.26. The highest BCUT2D eigenvalue weighted by atomic mass is 79.9. The molecule has 1 aromatic rings. The smallest absolute Gasteiger partial charge is 0.0552 e. The van der Waals surface area contributed by atoms with Gasteiger partial charge >= 0.3 is 0 Å². The number of likely N-dealkylation sites (tertiary alicyclic amines) is 1. The molecule has 15 heavy (non-hydrogen) atoms. The maximum Gasteiger partial charge on any atom is 0.0552 e. The van der Waals surface area contributed by atoms with Crippen LogP contribution in [0.3, 0.4) is 0 Å². The summed E-state index contributed by atoms with van der Waals surface area (Å²) < 4.78 is 1.22. The lowest BCUT2D eigenvalue weighted by Crippen LogP contribution is -2.23. The van der Waals surface area contributed by atoms with E-state index in [2.05, 4.69) is 32.3 Å². The number of rotatable bonds is 3. The standard InChI is InChI=1S/C11H16BrNOS/c1-8(14)9-2-4-13(6-9)7-11-10(12)3-5-15-11/h3,5,8-9,14H,2,4,6-7H2,1H3. The molecule has 0 saturated carbocycles. The summed E-state index contributed by atoms with van der Waals surface area (Å²) in [5.41, 5.74) is 0. The quantitative estimate of drug-likeness (QED) is 0.925. The molecule has 0 amide bonds. The van der Waals surface area contributed by atoms with Crippen molar-refractivity contribution in [1.82, 2.24) is 4.90 Å². The highest BCUT2D eigenvalue weighted by molar-refractivity contribution is 9.10. The van der Waals surface area contributed by atoms with E-state index < -0.39 is 0 Å². The summed E-state index contributed by atoms with van der Waals surface area (Å²) in [5, 5.41) is 11.6. The topological polar surface area (TPSA) is 23.5 Å². The molecule has 1 aliphatic rings. The van der Waals surface area contributed by atoms with Crippen molar-refractivity contribution >= 4 is 27.3 Å². The Morgan fingerprint density at radius 1 is 1.73 bits per heavy atom. The molecule has 0 aliphatic carbocycles. The third-order valence-electron chi connectivity index (χ3n) is 3.05. The van der Waals surface area contributed by atoms with Gasteiger partial charge in [-0.15, -0.1) is 11.3 Å². The molecular formula is C11H16BrNOS. The van der Waals surface area contributed by atoms with Gasteiger partial charge in [-0.1, -0.05) is 0 Å². The van der Waals surface area contributed by atoms with Gasteiger partial charge in [-0.2, -0.15) is 0 Å². The zero-order valence-electron chi connectivity index (χ0n) is 8.82. The van der Waals surface area contributed by atoms with Crippen molar-refractivity contribution in [2.75, 3.05) is 13.1 Å². The highest BCUT2D eigenvalue weighted by Crippen LogP contribution is 2.27. The number of hydrogen-bond donors (Lipinski definition) is 1. The van der Waals surface area contributed by atoms with Crippen molar-refractivity contribution in [3.05, 3.63) is 20.8 Å². The largest absolute Gasteiger partial charge is 0.393 e. The van der Waals surface area contributed by atoms with Gasteiger partial charge < -0.3 is 5.11 Å². The molecular weight excluding hydrogens is 274 g/mol. The lowest BCUT2D eigenvalue weighted by atomic mass is 10.0. The van der Waals surface area contributed by atoms with Gasteiger partial charge in [-0.25, -0.2) is 0 Å². The van der Waals surface area contributed by atoms with Gasteiger partial charge in [0, 0.05) is 22.4 Å². The molecule has 1 saturated heterocycles. The molecule has 2 nitrogen and oxygen atoms in total. The summed E-state index contributed by atoms with van der Waals surface area (Å²) in [5.74, 6) is 0.462. The van der Waals surface area contributed by atoms with Gasteiger partial charge in [0.25, 0.3) is 0 Å². The minimum Gasteiger partial charge on any atom is -0.393 e. The van der Waals surface area contributed by atoms with Crippen molar-refractivity contribution in [1.29, 1.82) is 0 Å². The first kappa shape index (κ1) is 11.6. The minimum absolute atomic E-state index is 0.165. The molecule has 1 fully saturated rings. The van der Waals surface area contributed by atoms with Gasteiger partial charge in [-0.05, 0) is 53.2 Å². The number of aliphatic hydroxyl groups is 1. The fourth-order valence-electron chi connectivity index (χ4n) is 2.04. The van der Waals surface area contributed by atoms with E-state index in [1.54, 1.807) is 11.3 Å². The monoisotopic (exact) mass is 289 g/mol. The van der Waals surface area contributed by atoms with E-state index in [4.69, 9.17) is 0 Å². The number of thiophene rings is 1. The van der Waals surface area contributed by atoms with Crippen molar-refractivity contribution in [2.24, 2.45) is 5.92 Å². The number of halogens is 1. The van der Waals surface area contributed by atoms with E-state index in [1.807, 2.05) is 6.92 Å². The Morgan fingerprint density at radius 2 is 2.53 bits per heavy atom. The van der Waals surface area contributed by atoms with E-state index in [0.29, 0.717) is 5.92 Å². The number of aliphatic hydroxyl groups excluding tert-OH is 1. The maximum absolute atomic E-state index is 9.52. The van der Waals surface area contributed by atoms with Gasteiger partial charge in [-0.3, -0.25) is 4.90 Å². The first-order valence-corrected chi connectivity index (χ1v) is 6.96. The molecule has 0 aromatic carbocycles. The molecule has 0 radical (unpaired) electrons. The first-order valence-electron chi connectivity index (χ1n) is 5.29. The first-order chi connectivity index (χ1) is 7.16. The van der Waals surface area contributed by atoms with Crippen LogP contribution in [0.15, 0.2) is 15.9 Å². The third kappa shape index (κ3) is 2.81. The third-order valence-corrected chi connectivity index (χ3v) is 4.96. The molecule has 2 rings (SSSR count). The van der Waals surface area contributed by atoms with E-state index >= 15 is 0 Å². The fourth-order valence-corrected chi connectivity index (χ4v) is 3.56. The molecule has 2 unspecified atom stereocenters. The van der Waals surface area contributed by atoms with E-state index in [-0.39, 0.29) is 6.10 Å². The van der Waals surface area contributed by atoms with E-state index in [9.17, 15) is 5.11 Å². The molecule has 0 bridgehead atoms. The second-order valence-corrected chi connectivity index (χ2v) is 6.07. The predicted octanol–water partition coefficient (Wildman–Crippen LogP) is 2.71. The summed E-state index contributed by atoms with van der Waals surface area (Å²) in [7, 11) is 0. The molecule has 84 valence electrons. The van der Waals surface area contributed by atoms with Crippen LogP contribution in [0, 0.1) is 5.92 Å². The zero-order chi connectivity index (χ0) is 10.8. The average molecular weight is 290 g/mol. The second-order valence-electron chi connectivity index (χ2n) is 4.22. The molecule has 1 N–H and O–H groups in total. The van der Waals surface area contributed by atoms with Crippen LogP contribution in [-0.2, 0) is 6.54 Å². The minimum atomic E-state index is -0.165. The van der Waals surface area contributed by atoms with Crippen molar-refractivity contribution < 1.29 is 5.11 Å². The van der Waals surface area contributed by atoms with Crippen molar-refractivity contribution in [3.8, 4) is 0 Å². The van der Waals surface area contributed by atoms with Crippen LogP contribution < -0.4 is 0 Å². The molecule has 1 aliphatic heterocycles. The number of nitrogens with zero attached hydrogens (tertiary/aromatic N) is 1. The van der Waals surface area contributed by atoms with E-state index in [0.717, 1.165) is 26.1 Å². The van der Waals surface area contributed by atoms with Gasteiger partial charge in [0.05, 0.1) is 6.10 Å². The van der Waals surface area contributed by atoms with Crippen LogP contribution in [0.5, 0.6) is 0 Å². The van der Waals surface area contributed by atoms with Crippen LogP contribution in [-0.4, -0.2) is 29.2 Å². The Labute approximate surface area is 103 Å². The number of hydrogen-bond acceptors (Lipinski definition) is 3. The zero-order valence-corrected chi connectivity index (χ0v) is 11.2. The summed E-state index contributed by atoms with van der Waals surface area (Å²) >= 11 is 5.35. The van der Waals surface area contributed by atoms with Crippen molar-refractivity contribution in [3.63, 3.8) is 0 Å².